The van der Waals surface area contributed by atoms with E-state index in [0.29, 0.717) is 81.9 Å². The zero-order chi connectivity index (χ0) is 33.8. The number of pyridine rings is 2. The first-order chi connectivity index (χ1) is 23.2. The summed E-state index contributed by atoms with van der Waals surface area (Å²) in [5.74, 6) is -0.371. The lowest BCUT2D eigenvalue weighted by Crippen LogP contribution is -2.39. The highest BCUT2D eigenvalue weighted by Crippen LogP contribution is 2.42. The number of nitrogens with one attached hydrogen (secondary N) is 4. The van der Waals surface area contributed by atoms with Crippen molar-refractivity contribution in [2.45, 2.75) is 50.4 Å². The topological polar surface area (TPSA) is 126 Å². The van der Waals surface area contributed by atoms with Crippen molar-refractivity contribution in [3.05, 3.63) is 87.8 Å². The van der Waals surface area contributed by atoms with Crippen molar-refractivity contribution in [2.24, 2.45) is 0 Å². The van der Waals surface area contributed by atoms with Gasteiger partial charge in [0.1, 0.15) is 5.54 Å². The number of carbonyl (C=O) groups is 2. The zero-order valence-corrected chi connectivity index (χ0v) is 28.0. The molecule has 10 nitrogen and oxygen atoms in total. The van der Waals surface area contributed by atoms with E-state index in [4.69, 9.17) is 37.7 Å². The molecule has 48 heavy (non-hydrogen) atoms. The molecule has 2 aliphatic rings. The van der Waals surface area contributed by atoms with Gasteiger partial charge in [-0.05, 0) is 37.5 Å². The molecule has 1 amide bonds. The number of ether oxygens (including phenoxy) is 2. The minimum atomic E-state index is -0.764. The van der Waals surface area contributed by atoms with Gasteiger partial charge in [0.15, 0.2) is 11.6 Å². The molecular weight excluding hydrogens is 658 g/mol. The molecule has 1 saturated carbocycles. The van der Waals surface area contributed by atoms with Crippen molar-refractivity contribution in [3.63, 3.8) is 0 Å². The van der Waals surface area contributed by atoms with Crippen LogP contribution in [-0.2, 0) is 27.4 Å². The standard InChI is InChI=1S/C35H35Cl2FN6O4/c1-47-33-21(17-39-19-22-10-12-28(45)42-22)9-11-26(44-33)25-7-3-5-23(29(25)36)24-6-4-8-27(30(24)37)43-32-31(38)20(13-16-40-32)18-41-35(14-15-35)34(46)48-2/h3-9,11,13,16,22,39,41H,10,12,14-15,17-19H2,1-2H3,(H,40,43)(H,42,45)/t22-/m0/s1. The van der Waals surface area contributed by atoms with Crippen molar-refractivity contribution >= 4 is 46.6 Å². The monoisotopic (exact) mass is 692 g/mol. The van der Waals surface area contributed by atoms with Crippen LogP contribution < -0.4 is 26.0 Å². The highest BCUT2D eigenvalue weighted by Gasteiger charge is 2.50. The summed E-state index contributed by atoms with van der Waals surface area (Å²) in [6.45, 7) is 1.31. The van der Waals surface area contributed by atoms with E-state index >= 15 is 4.39 Å². The first kappa shape index (κ1) is 33.6. The highest BCUT2D eigenvalue weighted by molar-refractivity contribution is 6.39. The molecule has 1 aliphatic carbocycles. The van der Waals surface area contributed by atoms with E-state index < -0.39 is 11.4 Å². The summed E-state index contributed by atoms with van der Waals surface area (Å²) >= 11 is 13.9. The van der Waals surface area contributed by atoms with Gasteiger partial charge < -0.3 is 25.4 Å². The van der Waals surface area contributed by atoms with Gasteiger partial charge in [0.2, 0.25) is 11.8 Å². The maximum atomic E-state index is 15.6. The molecular formula is C35H35Cl2FN6O4. The van der Waals surface area contributed by atoms with Crippen LogP contribution in [0.4, 0.5) is 15.9 Å². The Morgan fingerprint density at radius 2 is 1.75 bits per heavy atom. The molecule has 2 aromatic heterocycles. The van der Waals surface area contributed by atoms with Gasteiger partial charge in [0.05, 0.1) is 35.6 Å². The molecule has 4 N–H and O–H groups in total. The van der Waals surface area contributed by atoms with E-state index in [9.17, 15) is 9.59 Å². The van der Waals surface area contributed by atoms with Crippen LogP contribution in [0.15, 0.2) is 60.8 Å². The van der Waals surface area contributed by atoms with Gasteiger partial charge in [0, 0.05) is 66.1 Å². The Bertz CT molecular complexity index is 1850. The number of rotatable bonds is 13. The molecule has 0 radical (unpaired) electrons. The second kappa shape index (κ2) is 14.4. The number of aromatic nitrogens is 2. The van der Waals surface area contributed by atoms with Gasteiger partial charge in [-0.2, -0.15) is 0 Å². The van der Waals surface area contributed by atoms with Crippen molar-refractivity contribution in [1.82, 2.24) is 25.9 Å². The Hall–Kier alpha value is -4.29. The lowest BCUT2D eigenvalue weighted by atomic mass is 10.00. The summed E-state index contributed by atoms with van der Waals surface area (Å²) in [5, 5.41) is 13.2. The Morgan fingerprint density at radius 3 is 2.46 bits per heavy atom. The Morgan fingerprint density at radius 1 is 1.00 bits per heavy atom. The first-order valence-corrected chi connectivity index (χ1v) is 16.3. The van der Waals surface area contributed by atoms with Crippen LogP contribution in [0.3, 0.4) is 0 Å². The van der Waals surface area contributed by atoms with Crippen molar-refractivity contribution in [3.8, 4) is 28.3 Å². The predicted molar refractivity (Wildman–Crippen MR) is 183 cm³/mol. The number of hydrogen-bond donors (Lipinski definition) is 4. The molecule has 1 saturated heterocycles. The van der Waals surface area contributed by atoms with Crippen LogP contribution >= 0.6 is 23.2 Å². The molecule has 250 valence electrons. The number of halogens is 3. The van der Waals surface area contributed by atoms with Crippen molar-refractivity contribution in [1.29, 1.82) is 0 Å². The molecule has 1 atom stereocenters. The molecule has 0 unspecified atom stereocenters. The number of amides is 1. The van der Waals surface area contributed by atoms with Crippen molar-refractivity contribution < 1.29 is 23.5 Å². The first-order valence-electron chi connectivity index (χ1n) is 15.6. The quantitative estimate of drug-likeness (QED) is 0.122. The number of nitrogens with zero attached hydrogens (tertiary/aromatic N) is 2. The van der Waals surface area contributed by atoms with Crippen LogP contribution in [0.25, 0.3) is 22.4 Å². The van der Waals surface area contributed by atoms with E-state index in [1.54, 1.807) is 25.3 Å². The van der Waals surface area contributed by atoms with E-state index in [0.717, 1.165) is 12.0 Å². The summed E-state index contributed by atoms with van der Waals surface area (Å²) in [4.78, 5) is 32.5. The molecule has 0 spiro atoms. The molecule has 4 aromatic rings. The van der Waals surface area contributed by atoms with Crippen LogP contribution in [0, 0.1) is 5.82 Å². The van der Waals surface area contributed by atoms with Crippen LogP contribution in [-0.4, -0.2) is 54.2 Å². The van der Waals surface area contributed by atoms with E-state index in [1.165, 1.54) is 13.3 Å². The van der Waals surface area contributed by atoms with Gasteiger partial charge in [-0.1, -0.05) is 59.6 Å². The lowest BCUT2D eigenvalue weighted by molar-refractivity contribution is -0.144. The number of anilines is 2. The Labute approximate surface area is 287 Å². The van der Waals surface area contributed by atoms with E-state index in [-0.39, 0.29) is 30.3 Å². The van der Waals surface area contributed by atoms with E-state index in [1.807, 2.05) is 36.4 Å². The third-order valence-corrected chi connectivity index (χ3v) is 9.47. The Kier molecular flexibility index (Phi) is 10.1. The molecule has 3 heterocycles. The molecule has 13 heteroatoms. The largest absolute Gasteiger partial charge is 0.481 e. The molecule has 0 bridgehead atoms. The molecule has 1 aliphatic heterocycles. The molecule has 2 fully saturated rings. The van der Waals surface area contributed by atoms with Gasteiger partial charge >= 0.3 is 5.97 Å². The van der Waals surface area contributed by atoms with Crippen LogP contribution in [0.5, 0.6) is 5.88 Å². The van der Waals surface area contributed by atoms with Crippen LogP contribution in [0.1, 0.15) is 36.8 Å². The van der Waals surface area contributed by atoms with Crippen molar-refractivity contribution in [2.75, 3.05) is 26.1 Å². The summed E-state index contributed by atoms with van der Waals surface area (Å²) in [5.41, 5.74) is 3.49. The zero-order valence-electron chi connectivity index (χ0n) is 26.5. The smallest absolute Gasteiger partial charge is 0.326 e. The number of benzene rings is 2. The minimum absolute atomic E-state index is 0.00465. The van der Waals surface area contributed by atoms with Gasteiger partial charge in [-0.3, -0.25) is 14.9 Å². The normalized spacial score (nSPS) is 16.4. The maximum Gasteiger partial charge on any atom is 0.326 e. The van der Waals surface area contributed by atoms with Gasteiger partial charge in [0.25, 0.3) is 0 Å². The fourth-order valence-corrected chi connectivity index (χ4v) is 6.39. The lowest BCUT2D eigenvalue weighted by Gasteiger charge is -2.17. The molecule has 6 rings (SSSR count). The van der Waals surface area contributed by atoms with E-state index in [2.05, 4.69) is 26.3 Å². The summed E-state index contributed by atoms with van der Waals surface area (Å²) in [7, 11) is 2.91. The Balaban J connectivity index is 1.20. The molecule has 2 aromatic carbocycles. The van der Waals surface area contributed by atoms with Gasteiger partial charge in [-0.15, -0.1) is 0 Å². The highest BCUT2D eigenvalue weighted by atomic mass is 35.5. The number of hydrogen-bond acceptors (Lipinski definition) is 9. The fraction of sp³-hybridized carbons (Fsp3) is 0.314. The third kappa shape index (κ3) is 7.09. The third-order valence-electron chi connectivity index (χ3n) is 8.65. The number of esters is 1. The fourth-order valence-electron chi connectivity index (χ4n) is 5.79. The predicted octanol–water partition coefficient (Wildman–Crippen LogP) is 6.17. The summed E-state index contributed by atoms with van der Waals surface area (Å²) in [6.07, 6.45) is 4.14. The number of methoxy groups -OCH3 is 2. The second-order valence-electron chi connectivity index (χ2n) is 11.8. The van der Waals surface area contributed by atoms with Gasteiger partial charge in [-0.25, -0.2) is 14.4 Å². The minimum Gasteiger partial charge on any atom is -0.481 e. The SMILES string of the molecule is COC(=O)C1(NCc2ccnc(Nc3cccc(-c4cccc(-c5ccc(CNC[C@@H]6CCC(=O)N6)c(OC)n5)c4Cl)c3Cl)c2F)CC1. The average Bonchev–Trinajstić information content (AvgIpc) is 3.78. The number of carbonyl (C=O) groups excluding carboxylic acids is 2. The maximum absolute atomic E-state index is 15.6. The second-order valence-corrected chi connectivity index (χ2v) is 12.6. The summed E-state index contributed by atoms with van der Waals surface area (Å²) < 4.78 is 26.0. The average molecular weight is 694 g/mol. The van der Waals surface area contributed by atoms with Crippen LogP contribution in [0.2, 0.25) is 10.0 Å². The summed E-state index contributed by atoms with van der Waals surface area (Å²) in [6, 6.07) is 16.5.